The second-order valence-corrected chi connectivity index (χ2v) is 9.72. The number of hydrogen-bond donors (Lipinski definition) is 2. The van der Waals surface area contributed by atoms with E-state index in [1.54, 1.807) is 18.2 Å². The number of urea groups is 1. The molecule has 162 valence electrons. The molecule has 2 N–H and O–H groups in total. The van der Waals surface area contributed by atoms with E-state index in [4.69, 9.17) is 9.47 Å². The van der Waals surface area contributed by atoms with E-state index in [-0.39, 0.29) is 11.1 Å². The summed E-state index contributed by atoms with van der Waals surface area (Å²) in [7, 11) is 1.47. The summed E-state index contributed by atoms with van der Waals surface area (Å²) < 4.78 is 10.3. The molecule has 0 radical (unpaired) electrons. The Labute approximate surface area is 180 Å². The maximum atomic E-state index is 12.4. The van der Waals surface area contributed by atoms with E-state index in [0.29, 0.717) is 23.5 Å². The Morgan fingerprint density at radius 1 is 1.10 bits per heavy atom. The highest BCUT2D eigenvalue weighted by atomic mass is 32.2. The molecule has 3 amide bonds. The van der Waals surface area contributed by atoms with E-state index < -0.39 is 24.5 Å². The molecule has 0 unspecified atom stereocenters. The van der Waals surface area contributed by atoms with Gasteiger partial charge < -0.3 is 14.8 Å². The minimum absolute atomic E-state index is 0.178. The fourth-order valence-electron chi connectivity index (χ4n) is 5.87. The van der Waals surface area contributed by atoms with Gasteiger partial charge in [-0.2, -0.15) is 0 Å². The molecule has 4 aliphatic carbocycles. The van der Waals surface area contributed by atoms with Crippen LogP contribution >= 0.6 is 11.8 Å². The number of imide groups is 1. The summed E-state index contributed by atoms with van der Waals surface area (Å²) in [5.41, 5.74) is 0.0588. The van der Waals surface area contributed by atoms with Gasteiger partial charge in [-0.05, 0) is 80.7 Å². The van der Waals surface area contributed by atoms with E-state index in [0.717, 1.165) is 24.2 Å². The van der Waals surface area contributed by atoms with Gasteiger partial charge in [0.1, 0.15) is 11.3 Å². The summed E-state index contributed by atoms with van der Waals surface area (Å²) in [4.78, 5) is 37.8. The van der Waals surface area contributed by atoms with Crippen molar-refractivity contribution in [2.24, 2.45) is 17.8 Å². The second kappa shape index (κ2) is 8.49. The maximum Gasteiger partial charge on any atom is 0.342 e. The maximum absolute atomic E-state index is 12.4. The zero-order valence-electron chi connectivity index (χ0n) is 17.4. The number of rotatable bonds is 6. The third-order valence-electron chi connectivity index (χ3n) is 6.63. The number of carbonyl (C=O) groups is 3. The van der Waals surface area contributed by atoms with Crippen LogP contribution in [0.15, 0.2) is 23.1 Å². The third-order valence-corrected chi connectivity index (χ3v) is 7.36. The van der Waals surface area contributed by atoms with Crippen LogP contribution < -0.4 is 15.4 Å². The zero-order valence-corrected chi connectivity index (χ0v) is 18.2. The fourth-order valence-corrected chi connectivity index (χ4v) is 6.30. The van der Waals surface area contributed by atoms with Crippen LogP contribution in [0, 0.1) is 17.8 Å². The van der Waals surface area contributed by atoms with E-state index in [2.05, 4.69) is 10.6 Å². The molecular formula is C22H28N2O5S. The molecule has 5 rings (SSSR count). The van der Waals surface area contributed by atoms with Crippen LogP contribution in [0.5, 0.6) is 5.75 Å². The molecule has 4 bridgehead atoms. The van der Waals surface area contributed by atoms with Crippen molar-refractivity contribution in [1.29, 1.82) is 0 Å². The lowest BCUT2D eigenvalue weighted by Gasteiger charge is -2.56. The van der Waals surface area contributed by atoms with Crippen molar-refractivity contribution in [3.05, 3.63) is 23.8 Å². The first-order valence-electron chi connectivity index (χ1n) is 10.4. The van der Waals surface area contributed by atoms with E-state index in [9.17, 15) is 14.4 Å². The molecule has 0 aliphatic heterocycles. The van der Waals surface area contributed by atoms with Crippen LogP contribution in [0.1, 0.15) is 48.9 Å². The highest BCUT2D eigenvalue weighted by Crippen LogP contribution is 2.55. The lowest BCUT2D eigenvalue weighted by molar-refractivity contribution is -0.123. The average Bonchev–Trinajstić information content (AvgIpc) is 2.69. The number of hydrogen-bond acceptors (Lipinski definition) is 6. The summed E-state index contributed by atoms with van der Waals surface area (Å²) in [6.45, 7) is -0.527. The normalized spacial score (nSPS) is 28.7. The van der Waals surface area contributed by atoms with Gasteiger partial charge in [0.15, 0.2) is 6.61 Å². The standard InChI is InChI=1S/C22H28N2O5S/c1-28-18-8-16(30-2)3-4-17(18)20(26)29-12-19(25)23-21(27)24-22-9-13-5-14(10-22)7-15(6-13)11-22/h3-4,8,13-15H,5-7,9-12H2,1-2H3,(H2,23,24,25,27). The van der Waals surface area contributed by atoms with Crippen LogP contribution in [0.4, 0.5) is 4.79 Å². The summed E-state index contributed by atoms with van der Waals surface area (Å²) in [5.74, 6) is 1.15. The Hall–Kier alpha value is -2.22. The lowest BCUT2D eigenvalue weighted by Crippen LogP contribution is -2.62. The predicted molar refractivity (Wildman–Crippen MR) is 113 cm³/mol. The van der Waals surface area contributed by atoms with Gasteiger partial charge in [-0.1, -0.05) is 0 Å². The Kier molecular flexibility index (Phi) is 5.95. The zero-order chi connectivity index (χ0) is 21.3. The van der Waals surface area contributed by atoms with Gasteiger partial charge >= 0.3 is 12.0 Å². The van der Waals surface area contributed by atoms with Gasteiger partial charge in [0, 0.05) is 10.4 Å². The van der Waals surface area contributed by atoms with Gasteiger partial charge in [0.05, 0.1) is 7.11 Å². The van der Waals surface area contributed by atoms with Crippen molar-refractivity contribution in [3.8, 4) is 5.75 Å². The molecule has 0 saturated heterocycles. The number of methoxy groups -OCH3 is 1. The van der Waals surface area contributed by atoms with Crippen molar-refractivity contribution < 1.29 is 23.9 Å². The second-order valence-electron chi connectivity index (χ2n) is 8.84. The average molecular weight is 433 g/mol. The van der Waals surface area contributed by atoms with Crippen molar-refractivity contribution in [1.82, 2.24) is 10.6 Å². The SMILES string of the molecule is COc1cc(SC)ccc1C(=O)OCC(=O)NC(=O)NC12CC3CC(CC(C3)C1)C2. The van der Waals surface area contributed by atoms with Crippen LogP contribution in [0.2, 0.25) is 0 Å². The highest BCUT2D eigenvalue weighted by Gasteiger charge is 2.51. The van der Waals surface area contributed by atoms with Gasteiger partial charge in [-0.3, -0.25) is 10.1 Å². The molecule has 0 aromatic heterocycles. The first-order valence-corrected chi connectivity index (χ1v) is 11.6. The molecule has 4 aliphatic rings. The Balaban J connectivity index is 1.28. The Morgan fingerprint density at radius 2 is 1.73 bits per heavy atom. The van der Waals surface area contributed by atoms with Crippen molar-refractivity contribution in [2.45, 2.75) is 49.0 Å². The molecule has 8 heteroatoms. The van der Waals surface area contributed by atoms with Crippen molar-refractivity contribution in [2.75, 3.05) is 20.0 Å². The number of amides is 3. The minimum atomic E-state index is -0.670. The molecule has 4 saturated carbocycles. The quantitative estimate of drug-likeness (QED) is 0.529. The van der Waals surface area contributed by atoms with Crippen molar-refractivity contribution >= 4 is 29.7 Å². The summed E-state index contributed by atoms with van der Waals surface area (Å²) in [5, 5.41) is 5.38. The summed E-state index contributed by atoms with van der Waals surface area (Å²) in [6, 6.07) is 4.62. The van der Waals surface area contributed by atoms with Crippen LogP contribution in [-0.2, 0) is 9.53 Å². The molecule has 0 heterocycles. The molecule has 1 aromatic rings. The molecule has 0 spiro atoms. The van der Waals surface area contributed by atoms with Crippen molar-refractivity contribution in [3.63, 3.8) is 0 Å². The van der Waals surface area contributed by atoms with Crippen LogP contribution in [0.3, 0.4) is 0 Å². The first kappa shape index (κ1) is 21.0. The Morgan fingerprint density at radius 3 is 2.30 bits per heavy atom. The number of esters is 1. The first-order chi connectivity index (χ1) is 14.4. The smallest absolute Gasteiger partial charge is 0.342 e. The molecule has 4 fully saturated rings. The molecule has 7 nitrogen and oxygen atoms in total. The summed E-state index contributed by atoms with van der Waals surface area (Å²) in [6.07, 6.45) is 8.76. The molecule has 30 heavy (non-hydrogen) atoms. The van der Waals surface area contributed by atoms with Crippen LogP contribution in [0.25, 0.3) is 0 Å². The number of benzene rings is 1. The highest BCUT2D eigenvalue weighted by molar-refractivity contribution is 7.98. The van der Waals surface area contributed by atoms with Gasteiger partial charge in [-0.15, -0.1) is 11.8 Å². The number of ether oxygens (including phenoxy) is 2. The molecule has 1 aromatic carbocycles. The van der Waals surface area contributed by atoms with Gasteiger partial charge in [0.25, 0.3) is 5.91 Å². The summed E-state index contributed by atoms with van der Waals surface area (Å²) >= 11 is 1.53. The monoisotopic (exact) mass is 432 g/mol. The number of thioether (sulfide) groups is 1. The van der Waals surface area contributed by atoms with E-state index in [1.165, 1.54) is 38.1 Å². The Bertz CT molecular complexity index is 821. The van der Waals surface area contributed by atoms with Crippen LogP contribution in [-0.4, -0.2) is 43.4 Å². The van der Waals surface area contributed by atoms with E-state index in [1.807, 2.05) is 6.26 Å². The van der Waals surface area contributed by atoms with E-state index >= 15 is 0 Å². The lowest BCUT2D eigenvalue weighted by atomic mass is 9.53. The third kappa shape index (κ3) is 4.43. The minimum Gasteiger partial charge on any atom is -0.496 e. The predicted octanol–water partition coefficient (Wildman–Crippen LogP) is 3.37. The van der Waals surface area contributed by atoms with Gasteiger partial charge in [0.2, 0.25) is 0 Å². The number of carbonyl (C=O) groups excluding carboxylic acids is 3. The fraction of sp³-hybridized carbons (Fsp3) is 0.591. The number of nitrogens with one attached hydrogen (secondary N) is 2. The molecule has 0 atom stereocenters. The van der Waals surface area contributed by atoms with Gasteiger partial charge in [-0.25, -0.2) is 9.59 Å². The topological polar surface area (TPSA) is 93.7 Å². The largest absolute Gasteiger partial charge is 0.496 e. The molecular weight excluding hydrogens is 404 g/mol.